The third-order valence-corrected chi connectivity index (χ3v) is 4.56. The first-order valence-electron chi connectivity index (χ1n) is 5.85. The highest BCUT2D eigenvalue weighted by Gasteiger charge is 2.15. The molecule has 7 heteroatoms. The molecule has 0 aliphatic rings. The molecule has 2 rings (SSSR count). The molecule has 0 saturated carbocycles. The lowest BCUT2D eigenvalue weighted by Crippen LogP contribution is -2.15. The summed E-state index contributed by atoms with van der Waals surface area (Å²) in [6.45, 7) is 0. The van der Waals surface area contributed by atoms with Gasteiger partial charge in [0.1, 0.15) is 5.82 Å². The lowest BCUT2D eigenvalue weighted by atomic mass is 10.1. The molecule has 0 bridgehead atoms. The van der Waals surface area contributed by atoms with E-state index < -0.39 is 15.8 Å². The van der Waals surface area contributed by atoms with Gasteiger partial charge in [0.25, 0.3) is 0 Å². The zero-order chi connectivity index (χ0) is 15.5. The van der Waals surface area contributed by atoms with Crippen molar-refractivity contribution in [2.45, 2.75) is 5.75 Å². The molecule has 0 amide bonds. The Kier molecular flexibility index (Phi) is 4.60. The van der Waals surface area contributed by atoms with E-state index in [4.69, 9.17) is 5.26 Å². The Hall–Kier alpha value is -1.91. The zero-order valence-corrected chi connectivity index (χ0v) is 13.1. The number of benzene rings is 2. The van der Waals surface area contributed by atoms with Crippen molar-refractivity contribution in [1.29, 1.82) is 5.26 Å². The van der Waals surface area contributed by atoms with Crippen LogP contribution in [0.15, 0.2) is 46.9 Å². The minimum absolute atomic E-state index is 0.130. The topological polar surface area (TPSA) is 70.0 Å². The van der Waals surface area contributed by atoms with E-state index in [1.54, 1.807) is 24.3 Å². The van der Waals surface area contributed by atoms with Crippen LogP contribution in [0.3, 0.4) is 0 Å². The van der Waals surface area contributed by atoms with Crippen LogP contribution in [0.4, 0.5) is 10.1 Å². The predicted molar refractivity (Wildman–Crippen MR) is 81.5 cm³/mol. The molecule has 0 atom stereocenters. The van der Waals surface area contributed by atoms with Gasteiger partial charge >= 0.3 is 0 Å². The van der Waals surface area contributed by atoms with Crippen molar-refractivity contribution < 1.29 is 12.8 Å². The SMILES string of the molecule is N#Cc1ccccc1CS(=O)(=O)Nc1ccc(Br)c(F)c1. The van der Waals surface area contributed by atoms with Crippen LogP contribution in [0.2, 0.25) is 0 Å². The van der Waals surface area contributed by atoms with E-state index in [1.807, 2.05) is 6.07 Å². The van der Waals surface area contributed by atoms with E-state index in [2.05, 4.69) is 20.7 Å². The standard InChI is InChI=1S/C14H10BrFN2O2S/c15-13-6-5-12(7-14(13)16)18-21(19,20)9-11-4-2-1-3-10(11)8-17/h1-7,18H,9H2. The van der Waals surface area contributed by atoms with Crippen LogP contribution in [-0.4, -0.2) is 8.42 Å². The van der Waals surface area contributed by atoms with Crippen LogP contribution in [0.5, 0.6) is 0 Å². The maximum Gasteiger partial charge on any atom is 0.236 e. The van der Waals surface area contributed by atoms with Crippen LogP contribution >= 0.6 is 15.9 Å². The average molecular weight is 369 g/mol. The number of halogens is 2. The molecule has 0 spiro atoms. The average Bonchev–Trinajstić information content (AvgIpc) is 2.43. The second kappa shape index (κ2) is 6.24. The molecule has 0 radical (unpaired) electrons. The summed E-state index contributed by atoms with van der Waals surface area (Å²) in [6.07, 6.45) is 0. The van der Waals surface area contributed by atoms with Crippen LogP contribution in [0.25, 0.3) is 0 Å². The summed E-state index contributed by atoms with van der Waals surface area (Å²) in [6, 6.07) is 12.3. The molecular weight excluding hydrogens is 359 g/mol. The van der Waals surface area contributed by atoms with Crippen molar-refractivity contribution in [2.75, 3.05) is 4.72 Å². The van der Waals surface area contributed by atoms with Crippen molar-refractivity contribution >= 4 is 31.6 Å². The van der Waals surface area contributed by atoms with Gasteiger partial charge in [0.05, 0.1) is 27.5 Å². The Labute approximate surface area is 130 Å². The summed E-state index contributed by atoms with van der Waals surface area (Å²) < 4.78 is 40.1. The molecule has 0 fully saturated rings. The van der Waals surface area contributed by atoms with Gasteiger partial charge in [0.15, 0.2) is 0 Å². The number of sulfonamides is 1. The fourth-order valence-electron chi connectivity index (χ4n) is 1.74. The first-order chi connectivity index (χ1) is 9.91. The van der Waals surface area contributed by atoms with Gasteiger partial charge in [-0.15, -0.1) is 0 Å². The molecular formula is C14H10BrFN2O2S. The predicted octanol–water partition coefficient (Wildman–Crippen LogP) is 3.40. The first kappa shape index (κ1) is 15.5. The van der Waals surface area contributed by atoms with Gasteiger partial charge in [0.2, 0.25) is 10.0 Å². The number of hydrogen-bond donors (Lipinski definition) is 1. The molecule has 0 saturated heterocycles. The van der Waals surface area contributed by atoms with Gasteiger partial charge in [-0.3, -0.25) is 4.72 Å². The third kappa shape index (κ3) is 4.03. The first-order valence-corrected chi connectivity index (χ1v) is 8.29. The van der Waals surface area contributed by atoms with E-state index in [1.165, 1.54) is 12.1 Å². The summed E-state index contributed by atoms with van der Waals surface area (Å²) >= 11 is 2.99. The minimum Gasteiger partial charge on any atom is -0.283 e. The summed E-state index contributed by atoms with van der Waals surface area (Å²) in [5.41, 5.74) is 0.820. The largest absolute Gasteiger partial charge is 0.283 e. The molecule has 2 aromatic carbocycles. The van der Waals surface area contributed by atoms with Gasteiger partial charge in [-0.05, 0) is 45.8 Å². The van der Waals surface area contributed by atoms with Crippen LogP contribution in [-0.2, 0) is 15.8 Å². The molecule has 4 nitrogen and oxygen atoms in total. The molecule has 1 N–H and O–H groups in total. The van der Waals surface area contributed by atoms with Gasteiger partial charge in [-0.1, -0.05) is 18.2 Å². The van der Waals surface area contributed by atoms with Crippen molar-refractivity contribution in [1.82, 2.24) is 0 Å². The van der Waals surface area contributed by atoms with Crippen molar-refractivity contribution in [3.05, 3.63) is 63.9 Å². The maximum atomic E-state index is 13.4. The molecule has 0 aliphatic heterocycles. The number of rotatable bonds is 4. The summed E-state index contributed by atoms with van der Waals surface area (Å²) in [5, 5.41) is 8.95. The fraction of sp³-hybridized carbons (Fsp3) is 0.0714. The maximum absolute atomic E-state index is 13.4. The van der Waals surface area contributed by atoms with Crippen molar-refractivity contribution in [3.8, 4) is 6.07 Å². The monoisotopic (exact) mass is 368 g/mol. The van der Waals surface area contributed by atoms with Gasteiger partial charge in [-0.25, -0.2) is 12.8 Å². The van der Waals surface area contributed by atoms with Crippen LogP contribution < -0.4 is 4.72 Å². The molecule has 108 valence electrons. The second-order valence-corrected chi connectivity index (χ2v) is 6.84. The number of anilines is 1. The Morgan fingerprint density at radius 2 is 1.95 bits per heavy atom. The number of nitrogens with one attached hydrogen (secondary N) is 1. The Morgan fingerprint density at radius 1 is 1.24 bits per heavy atom. The third-order valence-electron chi connectivity index (χ3n) is 2.68. The van der Waals surface area contributed by atoms with Crippen molar-refractivity contribution in [3.63, 3.8) is 0 Å². The number of nitrogens with zero attached hydrogens (tertiary/aromatic N) is 1. The Morgan fingerprint density at radius 3 is 2.62 bits per heavy atom. The van der Waals surface area contributed by atoms with E-state index in [0.717, 1.165) is 6.07 Å². The molecule has 21 heavy (non-hydrogen) atoms. The second-order valence-electron chi connectivity index (χ2n) is 4.26. The van der Waals surface area contributed by atoms with Crippen molar-refractivity contribution in [2.24, 2.45) is 0 Å². The highest BCUT2D eigenvalue weighted by atomic mass is 79.9. The molecule has 2 aromatic rings. The lowest BCUT2D eigenvalue weighted by Gasteiger charge is -2.09. The normalized spacial score (nSPS) is 10.9. The molecule has 0 heterocycles. The summed E-state index contributed by atoms with van der Waals surface area (Å²) in [4.78, 5) is 0. The Bertz CT molecular complexity index is 816. The smallest absolute Gasteiger partial charge is 0.236 e. The van der Waals surface area contributed by atoms with E-state index >= 15 is 0 Å². The van der Waals surface area contributed by atoms with Gasteiger partial charge in [-0.2, -0.15) is 5.26 Å². The summed E-state index contributed by atoms with van der Waals surface area (Å²) in [5.74, 6) is -0.915. The summed E-state index contributed by atoms with van der Waals surface area (Å²) in [7, 11) is -3.73. The molecule has 0 unspecified atom stereocenters. The minimum atomic E-state index is -3.73. The quantitative estimate of drug-likeness (QED) is 0.898. The highest BCUT2D eigenvalue weighted by Crippen LogP contribution is 2.21. The lowest BCUT2D eigenvalue weighted by molar-refractivity contribution is 0.600. The van der Waals surface area contributed by atoms with Crippen LogP contribution in [0.1, 0.15) is 11.1 Å². The molecule has 0 aromatic heterocycles. The molecule has 0 aliphatic carbocycles. The van der Waals surface area contributed by atoms with Gasteiger partial charge < -0.3 is 0 Å². The van der Waals surface area contributed by atoms with E-state index in [9.17, 15) is 12.8 Å². The van der Waals surface area contributed by atoms with E-state index in [-0.39, 0.29) is 15.9 Å². The van der Waals surface area contributed by atoms with E-state index in [0.29, 0.717) is 11.1 Å². The van der Waals surface area contributed by atoms with Gasteiger partial charge in [0, 0.05) is 0 Å². The zero-order valence-electron chi connectivity index (χ0n) is 10.7. The number of hydrogen-bond acceptors (Lipinski definition) is 3. The Balaban J connectivity index is 2.23. The van der Waals surface area contributed by atoms with Crippen LogP contribution in [0, 0.1) is 17.1 Å². The fourth-order valence-corrected chi connectivity index (χ4v) is 3.20. The highest BCUT2D eigenvalue weighted by molar-refractivity contribution is 9.10. The number of nitriles is 1.